The van der Waals surface area contributed by atoms with E-state index in [9.17, 15) is 10.1 Å². The number of aromatic nitrogens is 2. The third-order valence-electron chi connectivity index (χ3n) is 3.17. The maximum Gasteiger partial charge on any atom is 0.272 e. The summed E-state index contributed by atoms with van der Waals surface area (Å²) in [7, 11) is 0. The van der Waals surface area contributed by atoms with Gasteiger partial charge in [-0.2, -0.15) is 5.10 Å². The van der Waals surface area contributed by atoms with E-state index in [1.165, 1.54) is 6.07 Å². The average Bonchev–Trinajstić information content (AvgIpc) is 2.93. The molecule has 1 aromatic carbocycles. The van der Waals surface area contributed by atoms with Crippen LogP contribution in [0.15, 0.2) is 36.7 Å². The molecule has 2 rings (SSSR count). The SMILES string of the molecule is CCC(Cl)c1cnn(CCc2ccccc2[N+](=O)[O-])c1. The monoisotopic (exact) mass is 293 g/mol. The molecule has 1 atom stereocenters. The fourth-order valence-corrected chi connectivity index (χ4v) is 2.15. The number of hydrogen-bond acceptors (Lipinski definition) is 3. The van der Waals surface area contributed by atoms with Crippen LogP contribution >= 0.6 is 11.6 Å². The molecule has 6 heteroatoms. The van der Waals surface area contributed by atoms with E-state index in [-0.39, 0.29) is 16.0 Å². The van der Waals surface area contributed by atoms with Gasteiger partial charge >= 0.3 is 0 Å². The molecule has 0 N–H and O–H groups in total. The lowest BCUT2D eigenvalue weighted by molar-refractivity contribution is -0.385. The fourth-order valence-electron chi connectivity index (χ4n) is 2.03. The first kappa shape index (κ1) is 14.5. The van der Waals surface area contributed by atoms with Crippen LogP contribution in [-0.2, 0) is 13.0 Å². The van der Waals surface area contributed by atoms with Crippen LogP contribution in [0.2, 0.25) is 0 Å². The van der Waals surface area contributed by atoms with Crippen LogP contribution in [0.1, 0.15) is 29.8 Å². The van der Waals surface area contributed by atoms with Crippen molar-refractivity contribution in [2.45, 2.75) is 31.7 Å². The quantitative estimate of drug-likeness (QED) is 0.463. The number of aryl methyl sites for hydroxylation is 2. The molecule has 0 spiro atoms. The van der Waals surface area contributed by atoms with Crippen molar-refractivity contribution < 1.29 is 4.92 Å². The third kappa shape index (κ3) is 3.36. The minimum Gasteiger partial charge on any atom is -0.272 e. The second-order valence-electron chi connectivity index (χ2n) is 4.55. The van der Waals surface area contributed by atoms with Crippen LogP contribution in [0.5, 0.6) is 0 Å². The van der Waals surface area contributed by atoms with E-state index >= 15 is 0 Å². The molecule has 5 nitrogen and oxygen atoms in total. The molecule has 106 valence electrons. The van der Waals surface area contributed by atoms with Gasteiger partial charge in [0.15, 0.2) is 0 Å². The average molecular weight is 294 g/mol. The Morgan fingerprint density at radius 3 is 2.90 bits per heavy atom. The Kier molecular flexibility index (Phi) is 4.74. The maximum atomic E-state index is 10.9. The molecule has 1 aromatic heterocycles. The van der Waals surface area contributed by atoms with Gasteiger partial charge < -0.3 is 0 Å². The van der Waals surface area contributed by atoms with Gasteiger partial charge in [0.05, 0.1) is 16.5 Å². The van der Waals surface area contributed by atoms with Crippen LogP contribution in [0.4, 0.5) is 5.69 Å². The van der Waals surface area contributed by atoms with Crippen molar-refractivity contribution in [1.29, 1.82) is 0 Å². The summed E-state index contributed by atoms with van der Waals surface area (Å²) in [6.45, 7) is 2.61. The topological polar surface area (TPSA) is 61.0 Å². The Morgan fingerprint density at radius 1 is 1.45 bits per heavy atom. The molecule has 1 unspecified atom stereocenters. The molecule has 0 radical (unpaired) electrons. The van der Waals surface area contributed by atoms with Crippen molar-refractivity contribution in [3.8, 4) is 0 Å². The van der Waals surface area contributed by atoms with E-state index in [1.54, 1.807) is 23.0 Å². The Labute approximate surface area is 122 Å². The van der Waals surface area contributed by atoms with E-state index in [4.69, 9.17) is 11.6 Å². The van der Waals surface area contributed by atoms with E-state index in [0.717, 1.165) is 12.0 Å². The van der Waals surface area contributed by atoms with Crippen molar-refractivity contribution in [3.05, 3.63) is 57.9 Å². The predicted molar refractivity (Wildman–Crippen MR) is 77.9 cm³/mol. The van der Waals surface area contributed by atoms with Crippen molar-refractivity contribution >= 4 is 17.3 Å². The molecular formula is C14H16ClN3O2. The Balaban J connectivity index is 2.06. The standard InChI is InChI=1S/C14H16ClN3O2/c1-2-13(15)12-9-16-17(10-12)8-7-11-5-3-4-6-14(11)18(19)20/h3-6,9-10,13H,2,7-8H2,1H3. The summed E-state index contributed by atoms with van der Waals surface area (Å²) in [5.41, 5.74) is 1.85. The summed E-state index contributed by atoms with van der Waals surface area (Å²) in [5.74, 6) is 0. The summed E-state index contributed by atoms with van der Waals surface area (Å²) in [4.78, 5) is 10.6. The Hall–Kier alpha value is -1.88. The van der Waals surface area contributed by atoms with Crippen LogP contribution in [0.25, 0.3) is 0 Å². The van der Waals surface area contributed by atoms with Gasteiger partial charge in [0.2, 0.25) is 0 Å². The second-order valence-corrected chi connectivity index (χ2v) is 5.08. The van der Waals surface area contributed by atoms with Gasteiger partial charge in [-0.05, 0) is 12.8 Å². The number of nitrogens with zero attached hydrogens (tertiary/aromatic N) is 3. The number of hydrogen-bond donors (Lipinski definition) is 0. The molecule has 0 bridgehead atoms. The van der Waals surface area contributed by atoms with Gasteiger partial charge in [-0.15, -0.1) is 11.6 Å². The number of nitro groups is 1. The molecular weight excluding hydrogens is 278 g/mol. The highest BCUT2D eigenvalue weighted by atomic mass is 35.5. The van der Waals surface area contributed by atoms with E-state index in [0.29, 0.717) is 18.5 Å². The van der Waals surface area contributed by atoms with E-state index in [2.05, 4.69) is 5.10 Å². The molecule has 2 aromatic rings. The number of benzene rings is 1. The minimum absolute atomic E-state index is 0.0326. The highest BCUT2D eigenvalue weighted by Gasteiger charge is 2.13. The van der Waals surface area contributed by atoms with Crippen molar-refractivity contribution in [2.24, 2.45) is 0 Å². The number of alkyl halides is 1. The molecule has 0 saturated heterocycles. The lowest BCUT2D eigenvalue weighted by atomic mass is 10.1. The third-order valence-corrected chi connectivity index (χ3v) is 3.73. The van der Waals surface area contributed by atoms with Gasteiger partial charge in [0.1, 0.15) is 0 Å². The molecule has 0 amide bonds. The van der Waals surface area contributed by atoms with E-state index in [1.807, 2.05) is 19.2 Å². The number of rotatable bonds is 6. The van der Waals surface area contributed by atoms with Crippen molar-refractivity contribution in [1.82, 2.24) is 9.78 Å². The first-order chi connectivity index (χ1) is 9.61. The van der Waals surface area contributed by atoms with Crippen molar-refractivity contribution in [2.75, 3.05) is 0 Å². The summed E-state index contributed by atoms with van der Waals surface area (Å²) in [6, 6.07) is 6.78. The smallest absolute Gasteiger partial charge is 0.272 e. The zero-order valence-corrected chi connectivity index (χ0v) is 12.0. The summed E-state index contributed by atoms with van der Waals surface area (Å²) in [5, 5.41) is 15.1. The lowest BCUT2D eigenvalue weighted by Gasteiger charge is -2.04. The van der Waals surface area contributed by atoms with E-state index < -0.39 is 0 Å². The van der Waals surface area contributed by atoms with Gasteiger partial charge in [-0.3, -0.25) is 14.8 Å². The zero-order chi connectivity index (χ0) is 14.5. The highest BCUT2D eigenvalue weighted by Crippen LogP contribution is 2.23. The number of nitro benzene ring substituents is 1. The Morgan fingerprint density at radius 2 is 2.20 bits per heavy atom. The molecule has 20 heavy (non-hydrogen) atoms. The van der Waals surface area contributed by atoms with Crippen LogP contribution < -0.4 is 0 Å². The number of para-hydroxylation sites is 1. The second kappa shape index (κ2) is 6.52. The first-order valence-electron chi connectivity index (χ1n) is 6.50. The number of halogens is 1. The summed E-state index contributed by atoms with van der Waals surface area (Å²) >= 11 is 6.15. The maximum absolute atomic E-state index is 10.9. The Bertz CT molecular complexity index is 598. The van der Waals surface area contributed by atoms with Crippen LogP contribution in [0, 0.1) is 10.1 Å². The lowest BCUT2D eigenvalue weighted by Crippen LogP contribution is -2.04. The molecule has 0 saturated carbocycles. The first-order valence-corrected chi connectivity index (χ1v) is 6.94. The summed E-state index contributed by atoms with van der Waals surface area (Å²) < 4.78 is 1.77. The highest BCUT2D eigenvalue weighted by molar-refractivity contribution is 6.20. The van der Waals surface area contributed by atoms with Crippen LogP contribution in [0.3, 0.4) is 0 Å². The molecule has 1 heterocycles. The van der Waals surface area contributed by atoms with Crippen molar-refractivity contribution in [3.63, 3.8) is 0 Å². The van der Waals surface area contributed by atoms with Gasteiger partial charge in [-0.25, -0.2) is 0 Å². The fraction of sp³-hybridized carbons (Fsp3) is 0.357. The van der Waals surface area contributed by atoms with Gasteiger partial charge in [0, 0.05) is 29.9 Å². The zero-order valence-electron chi connectivity index (χ0n) is 11.2. The molecule has 0 aliphatic carbocycles. The summed E-state index contributed by atoms with van der Waals surface area (Å²) in [6.07, 6.45) is 5.06. The van der Waals surface area contributed by atoms with Crippen LogP contribution in [-0.4, -0.2) is 14.7 Å². The predicted octanol–water partition coefficient (Wildman–Crippen LogP) is 3.72. The minimum atomic E-state index is -0.351. The molecule has 0 aliphatic heterocycles. The molecule has 0 aliphatic rings. The van der Waals surface area contributed by atoms with Gasteiger partial charge in [0.25, 0.3) is 5.69 Å². The largest absolute Gasteiger partial charge is 0.272 e. The van der Waals surface area contributed by atoms with Gasteiger partial charge in [-0.1, -0.05) is 25.1 Å². The normalized spacial score (nSPS) is 12.3. The molecule has 0 fully saturated rings.